The van der Waals surface area contributed by atoms with Crippen LogP contribution in [0.15, 0.2) is 66.7 Å². The Morgan fingerprint density at radius 3 is 2.48 bits per heavy atom. The maximum atomic E-state index is 13.2. The van der Waals surface area contributed by atoms with Crippen LogP contribution < -0.4 is 10.2 Å². The summed E-state index contributed by atoms with van der Waals surface area (Å²) >= 11 is 8.17. The zero-order valence-electron chi connectivity index (χ0n) is 18.8. The van der Waals surface area contributed by atoms with Crippen LogP contribution in [0.3, 0.4) is 0 Å². The number of halogens is 1. The van der Waals surface area contributed by atoms with Gasteiger partial charge in [-0.1, -0.05) is 55.3 Å². The van der Waals surface area contributed by atoms with Crippen molar-refractivity contribution < 1.29 is 4.79 Å². The van der Waals surface area contributed by atoms with E-state index in [0.717, 1.165) is 60.7 Å². The molecule has 4 nitrogen and oxygen atoms in total. The summed E-state index contributed by atoms with van der Waals surface area (Å²) in [7, 11) is 0. The number of nitrogens with one attached hydrogen (secondary N) is 1. The molecule has 0 radical (unpaired) electrons. The Balaban J connectivity index is 1.30. The first-order chi connectivity index (χ1) is 16.1. The summed E-state index contributed by atoms with van der Waals surface area (Å²) < 4.78 is 2.47. The van der Waals surface area contributed by atoms with Crippen molar-refractivity contribution in [3.8, 4) is 0 Å². The summed E-state index contributed by atoms with van der Waals surface area (Å²) in [6.45, 7) is 5.75. The van der Waals surface area contributed by atoms with E-state index in [9.17, 15) is 4.79 Å². The van der Waals surface area contributed by atoms with Crippen molar-refractivity contribution in [2.75, 3.05) is 31.1 Å². The number of carbonyl (C=O) groups excluding carboxylic acids is 1. The molecule has 2 heterocycles. The Kier molecular flexibility index (Phi) is 6.54. The minimum atomic E-state index is -0.000774. The number of hydrogen-bond acceptors (Lipinski definition) is 4. The van der Waals surface area contributed by atoms with Crippen LogP contribution in [0.5, 0.6) is 0 Å². The highest BCUT2D eigenvalue weighted by molar-refractivity contribution is 7.25. The number of carbonyl (C=O) groups is 1. The molecule has 5 rings (SSSR count). The third kappa shape index (κ3) is 4.58. The molecule has 0 saturated carbocycles. The molecule has 1 unspecified atom stereocenters. The van der Waals surface area contributed by atoms with Gasteiger partial charge in [-0.05, 0) is 42.8 Å². The number of hydrogen-bond donors (Lipinski definition) is 1. The average molecular weight is 478 g/mol. The van der Waals surface area contributed by atoms with Crippen LogP contribution in [0, 0.1) is 0 Å². The highest BCUT2D eigenvalue weighted by Gasteiger charge is 2.26. The molecule has 3 aromatic carbocycles. The molecule has 1 aromatic heterocycles. The van der Waals surface area contributed by atoms with E-state index in [4.69, 9.17) is 11.6 Å². The summed E-state index contributed by atoms with van der Waals surface area (Å²) in [5.74, 6) is -0.000774. The summed E-state index contributed by atoms with van der Waals surface area (Å²) in [6.07, 6.45) is 1.98. The monoisotopic (exact) mass is 477 g/mol. The van der Waals surface area contributed by atoms with Crippen molar-refractivity contribution >= 4 is 54.7 Å². The number of amides is 1. The lowest BCUT2D eigenvalue weighted by molar-refractivity contribution is 0.0824. The molecular formula is C27H28ClN3OS. The van der Waals surface area contributed by atoms with Crippen molar-refractivity contribution in [2.45, 2.75) is 25.9 Å². The predicted octanol–water partition coefficient (Wildman–Crippen LogP) is 6.39. The summed E-state index contributed by atoms with van der Waals surface area (Å²) in [5.41, 5.74) is 1.81. The molecule has 1 fully saturated rings. The van der Waals surface area contributed by atoms with Gasteiger partial charge in [-0.25, -0.2) is 0 Å². The van der Waals surface area contributed by atoms with Gasteiger partial charge in [-0.15, -0.1) is 11.3 Å². The van der Waals surface area contributed by atoms with Gasteiger partial charge in [0, 0.05) is 51.9 Å². The Labute approximate surface area is 203 Å². The molecule has 170 valence electrons. The molecule has 1 atom stereocenters. The van der Waals surface area contributed by atoms with E-state index in [2.05, 4.69) is 58.4 Å². The van der Waals surface area contributed by atoms with Crippen LogP contribution in [-0.2, 0) is 0 Å². The number of thiophene rings is 1. The minimum Gasteiger partial charge on any atom is -0.368 e. The molecular weight excluding hydrogens is 450 g/mol. The van der Waals surface area contributed by atoms with Gasteiger partial charge in [-0.3, -0.25) is 9.69 Å². The van der Waals surface area contributed by atoms with Crippen LogP contribution in [-0.4, -0.2) is 43.2 Å². The quantitative estimate of drug-likeness (QED) is 0.349. The molecule has 1 saturated heterocycles. The first-order valence-corrected chi connectivity index (χ1v) is 12.8. The van der Waals surface area contributed by atoms with Gasteiger partial charge in [0.25, 0.3) is 5.91 Å². The van der Waals surface area contributed by atoms with Crippen LogP contribution in [0.1, 0.15) is 30.1 Å². The average Bonchev–Trinajstić information content (AvgIpc) is 3.22. The Morgan fingerprint density at radius 1 is 0.970 bits per heavy atom. The topological polar surface area (TPSA) is 35.6 Å². The number of fused-ring (bicyclic) bond motifs is 3. The lowest BCUT2D eigenvalue weighted by atomic mass is 10.1. The first kappa shape index (κ1) is 22.2. The second-order valence-corrected chi connectivity index (χ2v) is 10.1. The lowest BCUT2D eigenvalue weighted by Crippen LogP contribution is -2.56. The highest BCUT2D eigenvalue weighted by Crippen LogP contribution is 2.34. The van der Waals surface area contributed by atoms with Gasteiger partial charge in [0.05, 0.1) is 16.9 Å². The van der Waals surface area contributed by atoms with Gasteiger partial charge >= 0.3 is 0 Å². The van der Waals surface area contributed by atoms with E-state index >= 15 is 0 Å². The van der Waals surface area contributed by atoms with E-state index in [-0.39, 0.29) is 12.1 Å². The smallest absolute Gasteiger partial charge is 0.252 e. The third-order valence-corrected chi connectivity index (χ3v) is 7.92. The number of anilines is 1. The van der Waals surface area contributed by atoms with Crippen LogP contribution >= 0.6 is 22.9 Å². The second kappa shape index (κ2) is 9.72. The predicted molar refractivity (Wildman–Crippen MR) is 141 cm³/mol. The van der Waals surface area contributed by atoms with Gasteiger partial charge < -0.3 is 10.2 Å². The van der Waals surface area contributed by atoms with Gasteiger partial charge in [0.2, 0.25) is 0 Å². The fourth-order valence-corrected chi connectivity index (χ4v) is 6.05. The summed E-state index contributed by atoms with van der Waals surface area (Å²) in [5, 5.41) is 6.48. The molecule has 0 spiro atoms. The minimum absolute atomic E-state index is 0.000774. The molecule has 33 heavy (non-hydrogen) atoms. The number of rotatable bonds is 6. The number of piperazine rings is 1. The van der Waals surface area contributed by atoms with Crippen molar-refractivity contribution in [1.29, 1.82) is 0 Å². The fourth-order valence-electron chi connectivity index (χ4n) is 4.70. The molecule has 6 heteroatoms. The van der Waals surface area contributed by atoms with E-state index in [1.54, 1.807) is 11.3 Å². The van der Waals surface area contributed by atoms with Gasteiger partial charge in [0.15, 0.2) is 0 Å². The Hall–Kier alpha value is -2.60. The summed E-state index contributed by atoms with van der Waals surface area (Å²) in [4.78, 5) is 18.0. The number of benzene rings is 3. The highest BCUT2D eigenvalue weighted by atomic mass is 35.5. The largest absolute Gasteiger partial charge is 0.368 e. The van der Waals surface area contributed by atoms with Crippen LogP contribution in [0.25, 0.3) is 20.2 Å². The zero-order valence-corrected chi connectivity index (χ0v) is 20.3. The normalized spacial score (nSPS) is 15.8. The van der Waals surface area contributed by atoms with E-state index in [1.165, 1.54) is 14.8 Å². The first-order valence-electron chi connectivity index (χ1n) is 11.6. The van der Waals surface area contributed by atoms with Crippen molar-refractivity contribution in [2.24, 2.45) is 0 Å². The number of para-hydroxylation sites is 1. The zero-order chi connectivity index (χ0) is 22.8. The van der Waals surface area contributed by atoms with Crippen LogP contribution in [0.4, 0.5) is 5.69 Å². The van der Waals surface area contributed by atoms with Crippen molar-refractivity contribution in [3.63, 3.8) is 0 Å². The standard InChI is InChI=1S/C27H28ClN3OS/c1-2-7-26(31-16-14-30(15-17-31)23-10-5-4-9-22(23)28)29-27(32)19-12-13-25-21(18-19)20-8-3-6-11-24(20)33-25/h3-6,8-13,18,26H,2,7,14-17H2,1H3,(H,29,32). The molecule has 1 aliphatic heterocycles. The SMILES string of the molecule is CCCC(NC(=O)c1ccc2sc3ccccc3c2c1)N1CCN(c2ccccc2Cl)CC1. The molecule has 1 N–H and O–H groups in total. The molecule has 0 bridgehead atoms. The Bertz CT molecular complexity index is 1280. The van der Waals surface area contributed by atoms with E-state index < -0.39 is 0 Å². The third-order valence-electron chi connectivity index (χ3n) is 6.45. The Morgan fingerprint density at radius 2 is 1.70 bits per heavy atom. The fraction of sp³-hybridized carbons (Fsp3) is 0.296. The maximum Gasteiger partial charge on any atom is 0.252 e. The number of nitrogens with zero attached hydrogens (tertiary/aromatic N) is 2. The van der Waals surface area contributed by atoms with Gasteiger partial charge in [-0.2, -0.15) is 0 Å². The van der Waals surface area contributed by atoms with Crippen molar-refractivity contribution in [1.82, 2.24) is 10.2 Å². The lowest BCUT2D eigenvalue weighted by Gasteiger charge is -2.40. The second-order valence-electron chi connectivity index (χ2n) is 8.56. The van der Waals surface area contributed by atoms with E-state index in [0.29, 0.717) is 0 Å². The molecule has 4 aromatic rings. The van der Waals surface area contributed by atoms with Crippen molar-refractivity contribution in [3.05, 3.63) is 77.3 Å². The molecule has 1 aliphatic rings. The summed E-state index contributed by atoms with van der Waals surface area (Å²) in [6, 6.07) is 22.5. The van der Waals surface area contributed by atoms with Gasteiger partial charge in [0.1, 0.15) is 0 Å². The maximum absolute atomic E-state index is 13.2. The molecule has 0 aliphatic carbocycles. The van der Waals surface area contributed by atoms with Crippen LogP contribution in [0.2, 0.25) is 5.02 Å². The molecule has 1 amide bonds. The van der Waals surface area contributed by atoms with E-state index in [1.807, 2.05) is 30.3 Å².